The number of hydrogen-bond acceptors (Lipinski definition) is 8. The molecule has 0 spiro atoms. The Labute approximate surface area is 119 Å². The number of carbonyl (C=O) groups excluding carboxylic acids is 3. The SMILES string of the molecule is CC(=O)O.CC(=O)O.COC(=O)C1OCC(O)C(=O)C1=O. The summed E-state index contributed by atoms with van der Waals surface area (Å²) in [7, 11) is 1.08. The number of methoxy groups -OCH3 is 1. The van der Waals surface area contributed by atoms with Gasteiger partial charge >= 0.3 is 5.97 Å². The Kier molecular flexibility index (Phi) is 10.4. The van der Waals surface area contributed by atoms with E-state index in [1.165, 1.54) is 0 Å². The molecule has 10 nitrogen and oxygen atoms in total. The third kappa shape index (κ3) is 10.2. The lowest BCUT2D eigenvalue weighted by atomic mass is 10.0. The van der Waals surface area contributed by atoms with Crippen molar-refractivity contribution in [1.82, 2.24) is 0 Å². The lowest BCUT2D eigenvalue weighted by Crippen LogP contribution is -2.50. The van der Waals surface area contributed by atoms with Crippen LogP contribution in [-0.2, 0) is 33.4 Å². The van der Waals surface area contributed by atoms with Crippen molar-refractivity contribution in [1.29, 1.82) is 0 Å². The fourth-order valence-corrected chi connectivity index (χ4v) is 0.914. The smallest absolute Gasteiger partial charge is 0.343 e. The summed E-state index contributed by atoms with van der Waals surface area (Å²) in [5, 5.41) is 23.7. The first-order chi connectivity index (χ1) is 9.54. The van der Waals surface area contributed by atoms with Crippen molar-refractivity contribution in [3.8, 4) is 0 Å². The first-order valence-electron chi connectivity index (χ1n) is 5.39. The Balaban J connectivity index is 0. The van der Waals surface area contributed by atoms with Gasteiger partial charge in [-0.1, -0.05) is 0 Å². The highest BCUT2D eigenvalue weighted by Gasteiger charge is 2.41. The standard InChI is InChI=1S/C7H8O6.2C2H4O2/c1-12-7(11)6-5(10)4(9)3(8)2-13-6;2*1-2(3)4/h3,6,8H,2H2,1H3;2*1H3,(H,3,4). The number of ether oxygens (including phenoxy) is 2. The van der Waals surface area contributed by atoms with E-state index >= 15 is 0 Å². The molecule has 120 valence electrons. The maximum atomic E-state index is 11.0. The predicted molar refractivity (Wildman–Crippen MR) is 64.4 cm³/mol. The molecule has 21 heavy (non-hydrogen) atoms. The number of Topliss-reactive ketones (excluding diaryl/α,β-unsaturated/α-hetero) is 2. The number of aliphatic carboxylic acids is 2. The largest absolute Gasteiger partial charge is 0.481 e. The summed E-state index contributed by atoms with van der Waals surface area (Å²) in [4.78, 5) is 50.7. The van der Waals surface area contributed by atoms with Crippen molar-refractivity contribution in [2.45, 2.75) is 26.1 Å². The zero-order valence-electron chi connectivity index (χ0n) is 11.6. The molecule has 0 saturated carbocycles. The van der Waals surface area contributed by atoms with Crippen molar-refractivity contribution in [3.63, 3.8) is 0 Å². The van der Waals surface area contributed by atoms with E-state index in [1.54, 1.807) is 0 Å². The fourth-order valence-electron chi connectivity index (χ4n) is 0.914. The molecule has 0 aliphatic carbocycles. The second kappa shape index (κ2) is 10.5. The molecule has 1 aliphatic heterocycles. The van der Waals surface area contributed by atoms with Crippen molar-refractivity contribution in [2.24, 2.45) is 0 Å². The summed E-state index contributed by atoms with van der Waals surface area (Å²) in [5.74, 6) is -4.67. The highest BCUT2D eigenvalue weighted by Crippen LogP contribution is 2.08. The van der Waals surface area contributed by atoms with Crippen LogP contribution < -0.4 is 0 Å². The number of esters is 1. The van der Waals surface area contributed by atoms with Crippen molar-refractivity contribution in [3.05, 3.63) is 0 Å². The summed E-state index contributed by atoms with van der Waals surface area (Å²) >= 11 is 0. The number of carbonyl (C=O) groups is 5. The fraction of sp³-hybridized carbons (Fsp3) is 0.545. The summed E-state index contributed by atoms with van der Waals surface area (Å²) in [6, 6.07) is 0. The highest BCUT2D eigenvalue weighted by molar-refractivity contribution is 6.44. The Morgan fingerprint density at radius 3 is 1.81 bits per heavy atom. The maximum absolute atomic E-state index is 11.0. The molecule has 3 N–H and O–H groups in total. The van der Waals surface area contributed by atoms with Gasteiger partial charge in [0.2, 0.25) is 17.7 Å². The average molecular weight is 308 g/mol. The van der Waals surface area contributed by atoms with Crippen LogP contribution in [0.15, 0.2) is 0 Å². The van der Waals surface area contributed by atoms with E-state index < -0.39 is 41.7 Å². The molecule has 0 radical (unpaired) electrons. The quantitative estimate of drug-likeness (QED) is 0.287. The van der Waals surface area contributed by atoms with E-state index in [1.807, 2.05) is 0 Å². The van der Waals surface area contributed by atoms with Crippen LogP contribution in [0.4, 0.5) is 0 Å². The van der Waals surface area contributed by atoms with Crippen LogP contribution in [0.3, 0.4) is 0 Å². The molecule has 1 fully saturated rings. The van der Waals surface area contributed by atoms with Gasteiger partial charge in [0.25, 0.3) is 11.9 Å². The van der Waals surface area contributed by atoms with Gasteiger partial charge in [-0.25, -0.2) is 4.79 Å². The zero-order chi connectivity index (χ0) is 17.2. The second-order valence-electron chi connectivity index (χ2n) is 3.52. The highest BCUT2D eigenvalue weighted by atomic mass is 16.6. The third-order valence-electron chi connectivity index (χ3n) is 1.62. The van der Waals surface area contributed by atoms with Crippen molar-refractivity contribution >= 4 is 29.5 Å². The second-order valence-corrected chi connectivity index (χ2v) is 3.52. The number of hydrogen-bond donors (Lipinski definition) is 3. The van der Waals surface area contributed by atoms with E-state index in [9.17, 15) is 14.4 Å². The van der Waals surface area contributed by atoms with Crippen LogP contribution in [0, 0.1) is 0 Å². The Bertz CT molecular complexity index is 393. The van der Waals surface area contributed by atoms with E-state index in [2.05, 4.69) is 9.47 Å². The molecule has 2 atom stereocenters. The van der Waals surface area contributed by atoms with Crippen LogP contribution in [0.5, 0.6) is 0 Å². The number of rotatable bonds is 1. The summed E-state index contributed by atoms with van der Waals surface area (Å²) < 4.78 is 8.86. The van der Waals surface area contributed by atoms with Gasteiger partial charge < -0.3 is 24.8 Å². The van der Waals surface area contributed by atoms with Gasteiger partial charge in [-0.15, -0.1) is 0 Å². The summed E-state index contributed by atoms with van der Waals surface area (Å²) in [5.41, 5.74) is 0. The van der Waals surface area contributed by atoms with Crippen LogP contribution in [-0.4, -0.2) is 70.7 Å². The van der Waals surface area contributed by atoms with Gasteiger partial charge in [0.15, 0.2) is 0 Å². The lowest BCUT2D eigenvalue weighted by molar-refractivity contribution is -0.172. The normalized spacial score (nSPS) is 20.2. The lowest BCUT2D eigenvalue weighted by Gasteiger charge is -2.21. The monoisotopic (exact) mass is 308 g/mol. The number of carboxylic acids is 2. The number of carboxylic acid groups (broad SMARTS) is 2. The van der Waals surface area contributed by atoms with Gasteiger partial charge in [0.05, 0.1) is 13.7 Å². The molecule has 1 heterocycles. The van der Waals surface area contributed by atoms with Gasteiger partial charge in [-0.05, 0) is 0 Å². The van der Waals surface area contributed by atoms with Gasteiger partial charge in [0, 0.05) is 13.8 Å². The molecule has 1 aliphatic rings. The first kappa shape index (κ1) is 21.0. The Morgan fingerprint density at radius 1 is 1.10 bits per heavy atom. The minimum atomic E-state index is -1.51. The van der Waals surface area contributed by atoms with E-state index in [0.29, 0.717) is 0 Å². The van der Waals surface area contributed by atoms with Gasteiger partial charge in [-0.2, -0.15) is 0 Å². The van der Waals surface area contributed by atoms with Crippen LogP contribution in [0.2, 0.25) is 0 Å². The zero-order valence-corrected chi connectivity index (χ0v) is 11.6. The summed E-state index contributed by atoms with van der Waals surface area (Å²) in [6.45, 7) is 1.81. The van der Waals surface area contributed by atoms with Crippen LogP contribution in [0.25, 0.3) is 0 Å². The van der Waals surface area contributed by atoms with Crippen molar-refractivity contribution < 1.29 is 48.8 Å². The topological polar surface area (TPSA) is 164 Å². The minimum Gasteiger partial charge on any atom is -0.481 e. The molecule has 0 bridgehead atoms. The molecule has 0 aromatic heterocycles. The Morgan fingerprint density at radius 2 is 1.48 bits per heavy atom. The van der Waals surface area contributed by atoms with E-state index in [0.717, 1.165) is 21.0 Å². The average Bonchev–Trinajstić information content (AvgIpc) is 2.34. The first-order valence-corrected chi connectivity index (χ1v) is 5.39. The number of ketones is 2. The molecule has 1 saturated heterocycles. The van der Waals surface area contributed by atoms with Crippen molar-refractivity contribution in [2.75, 3.05) is 13.7 Å². The molecule has 10 heteroatoms. The molecule has 0 aromatic rings. The Hall–Kier alpha value is -2.33. The van der Waals surface area contributed by atoms with E-state index in [-0.39, 0.29) is 6.61 Å². The number of aliphatic hydroxyl groups excluding tert-OH is 1. The molecular formula is C11H16O10. The molecule has 2 unspecified atom stereocenters. The molecular weight excluding hydrogens is 292 g/mol. The van der Waals surface area contributed by atoms with Gasteiger partial charge in [0.1, 0.15) is 6.10 Å². The minimum absolute atomic E-state index is 0.357. The molecule has 1 rings (SSSR count). The molecule has 0 amide bonds. The van der Waals surface area contributed by atoms with Crippen LogP contribution in [0.1, 0.15) is 13.8 Å². The maximum Gasteiger partial charge on any atom is 0.343 e. The van der Waals surface area contributed by atoms with E-state index in [4.69, 9.17) is 24.9 Å². The van der Waals surface area contributed by atoms with Crippen LogP contribution >= 0.6 is 0 Å². The van der Waals surface area contributed by atoms with Gasteiger partial charge in [-0.3, -0.25) is 19.2 Å². The summed E-state index contributed by atoms with van der Waals surface area (Å²) in [6.07, 6.45) is -2.98. The number of aliphatic hydroxyl groups is 1. The molecule has 0 aromatic carbocycles. The predicted octanol–water partition coefficient (Wildman–Crippen LogP) is -1.76. The third-order valence-corrected chi connectivity index (χ3v) is 1.62.